The van der Waals surface area contributed by atoms with Crippen LogP contribution in [0.3, 0.4) is 0 Å². The molecule has 0 aromatic heterocycles. The van der Waals surface area contributed by atoms with Crippen molar-refractivity contribution in [1.82, 2.24) is 0 Å². The summed E-state index contributed by atoms with van der Waals surface area (Å²) in [6, 6.07) is 4.29. The maximum Gasteiger partial charge on any atom is 0.417 e. The number of phenolic OH excluding ortho intramolecular Hbond substituents is 1. The zero-order valence-corrected chi connectivity index (χ0v) is 12.2. The molecule has 5 atom stereocenters. The van der Waals surface area contributed by atoms with Crippen LogP contribution < -0.4 is 9.64 Å². The van der Waals surface area contributed by atoms with E-state index in [1.54, 1.807) is 0 Å². The average Bonchev–Trinajstić information content (AvgIpc) is 2.87. The number of carbonyl (C=O) groups is 1. The normalized spacial score (nSPS) is 33.3. The number of aliphatic hydroxyl groups is 3. The number of aromatic hydroxyl groups is 1. The second kappa shape index (κ2) is 5.85. The predicted octanol–water partition coefficient (Wildman–Crippen LogP) is -0.835. The Morgan fingerprint density at radius 2 is 2.04 bits per heavy atom. The molecule has 0 spiro atoms. The van der Waals surface area contributed by atoms with E-state index in [1.165, 1.54) is 25.3 Å². The molecule has 9 nitrogen and oxygen atoms in total. The average molecular weight is 327 g/mol. The molecule has 4 N–H and O–H groups in total. The van der Waals surface area contributed by atoms with Crippen LogP contribution in [-0.2, 0) is 9.47 Å². The van der Waals surface area contributed by atoms with E-state index in [2.05, 4.69) is 0 Å². The minimum atomic E-state index is -1.42. The molecule has 9 heteroatoms. The Kier molecular flexibility index (Phi) is 4.02. The number of fused-ring (bicyclic) bond motifs is 1. The molecule has 2 saturated heterocycles. The molecular formula is C14H17NO8. The minimum absolute atomic E-state index is 0.101. The lowest BCUT2D eigenvalue weighted by molar-refractivity contribution is -0.211. The summed E-state index contributed by atoms with van der Waals surface area (Å²) in [6.07, 6.45) is -6.95. The summed E-state index contributed by atoms with van der Waals surface area (Å²) in [7, 11) is 1.43. The summed E-state index contributed by atoms with van der Waals surface area (Å²) in [4.78, 5) is 13.1. The topological polar surface area (TPSA) is 129 Å². The van der Waals surface area contributed by atoms with Gasteiger partial charge in [0.15, 0.2) is 12.3 Å². The van der Waals surface area contributed by atoms with Crippen LogP contribution in [0, 0.1) is 0 Å². The van der Waals surface area contributed by atoms with Crippen LogP contribution in [0.25, 0.3) is 0 Å². The Balaban J connectivity index is 1.95. The Hall–Kier alpha value is -2.07. The first kappa shape index (κ1) is 15.8. The fraction of sp³-hybridized carbons (Fsp3) is 0.500. The first-order chi connectivity index (χ1) is 11.0. The monoisotopic (exact) mass is 327 g/mol. The number of nitrogens with zero attached hydrogens (tertiary/aromatic N) is 1. The maximum atomic E-state index is 12.1. The standard InChI is InChI=1S/C14H17NO8/c1-21-6-2-3-7(8(17)4-6)15-13-12(23-14(15)20)11(19)10(18)9(5-16)22-13/h2-4,9-13,16-19H,5H2,1H3/t9-,10-,11+,12-,13-/m1/s1. The molecule has 2 aliphatic heterocycles. The lowest BCUT2D eigenvalue weighted by Crippen LogP contribution is -2.60. The Morgan fingerprint density at radius 1 is 1.30 bits per heavy atom. The molecule has 1 aromatic rings. The molecule has 0 aliphatic carbocycles. The molecule has 1 aromatic carbocycles. The highest BCUT2D eigenvalue weighted by Gasteiger charge is 2.55. The number of ether oxygens (including phenoxy) is 3. The summed E-state index contributed by atoms with van der Waals surface area (Å²) in [5, 5.41) is 39.2. The third-order valence-corrected chi connectivity index (χ3v) is 3.97. The molecule has 0 bridgehead atoms. The van der Waals surface area contributed by atoms with E-state index >= 15 is 0 Å². The van der Waals surface area contributed by atoms with E-state index in [0.29, 0.717) is 5.75 Å². The van der Waals surface area contributed by atoms with E-state index in [0.717, 1.165) is 4.90 Å². The van der Waals surface area contributed by atoms with Gasteiger partial charge < -0.3 is 34.6 Å². The molecular weight excluding hydrogens is 310 g/mol. The molecule has 23 heavy (non-hydrogen) atoms. The van der Waals surface area contributed by atoms with Crippen molar-refractivity contribution >= 4 is 11.8 Å². The summed E-state index contributed by atoms with van der Waals surface area (Å²) in [5.41, 5.74) is 0.101. The van der Waals surface area contributed by atoms with Gasteiger partial charge in [-0.3, -0.25) is 0 Å². The summed E-state index contributed by atoms with van der Waals surface area (Å²) < 4.78 is 15.5. The molecule has 1 amide bonds. The number of hydrogen-bond acceptors (Lipinski definition) is 8. The largest absolute Gasteiger partial charge is 0.506 e. The number of phenols is 1. The number of benzene rings is 1. The summed E-state index contributed by atoms with van der Waals surface area (Å²) in [5.74, 6) is 0.148. The zero-order chi connectivity index (χ0) is 16.7. The highest BCUT2D eigenvalue weighted by atomic mass is 16.6. The van der Waals surface area contributed by atoms with Gasteiger partial charge in [-0.1, -0.05) is 0 Å². The zero-order valence-electron chi connectivity index (χ0n) is 12.2. The number of rotatable bonds is 3. The number of methoxy groups -OCH3 is 1. The first-order valence-electron chi connectivity index (χ1n) is 6.97. The van der Waals surface area contributed by atoms with Gasteiger partial charge in [0, 0.05) is 6.07 Å². The summed E-state index contributed by atoms with van der Waals surface area (Å²) in [6.45, 7) is -0.544. The van der Waals surface area contributed by atoms with Gasteiger partial charge in [-0.2, -0.15) is 0 Å². The van der Waals surface area contributed by atoms with Crippen molar-refractivity contribution in [2.24, 2.45) is 0 Å². The second-order valence-corrected chi connectivity index (χ2v) is 5.30. The number of amides is 1. The quantitative estimate of drug-likeness (QED) is 0.566. The van der Waals surface area contributed by atoms with Crippen LogP contribution in [0.4, 0.5) is 10.5 Å². The van der Waals surface area contributed by atoms with Gasteiger partial charge in [0.25, 0.3) is 0 Å². The molecule has 2 aliphatic rings. The third kappa shape index (κ3) is 2.47. The molecule has 0 radical (unpaired) electrons. The number of aliphatic hydroxyl groups excluding tert-OH is 3. The van der Waals surface area contributed by atoms with Crippen molar-refractivity contribution in [2.75, 3.05) is 18.6 Å². The molecule has 3 rings (SSSR count). The third-order valence-electron chi connectivity index (χ3n) is 3.97. The van der Waals surface area contributed by atoms with Gasteiger partial charge in [-0.05, 0) is 12.1 Å². The molecule has 0 unspecified atom stereocenters. The highest BCUT2D eigenvalue weighted by Crippen LogP contribution is 2.39. The van der Waals surface area contributed by atoms with Crippen molar-refractivity contribution < 1.29 is 39.4 Å². The van der Waals surface area contributed by atoms with Crippen LogP contribution >= 0.6 is 0 Å². The first-order valence-corrected chi connectivity index (χ1v) is 6.97. The fourth-order valence-corrected chi connectivity index (χ4v) is 2.75. The van der Waals surface area contributed by atoms with Crippen molar-refractivity contribution in [3.05, 3.63) is 18.2 Å². The smallest absolute Gasteiger partial charge is 0.417 e. The second-order valence-electron chi connectivity index (χ2n) is 5.30. The van der Waals surface area contributed by atoms with E-state index in [4.69, 9.17) is 14.2 Å². The van der Waals surface area contributed by atoms with Crippen molar-refractivity contribution in [3.8, 4) is 11.5 Å². The molecule has 0 saturated carbocycles. The predicted molar refractivity (Wildman–Crippen MR) is 75.2 cm³/mol. The summed E-state index contributed by atoms with van der Waals surface area (Å²) >= 11 is 0. The van der Waals surface area contributed by atoms with Crippen LogP contribution in [-0.4, -0.2) is 70.9 Å². The van der Waals surface area contributed by atoms with E-state index in [-0.39, 0.29) is 11.4 Å². The lowest BCUT2D eigenvalue weighted by Gasteiger charge is -2.39. The number of anilines is 1. The van der Waals surface area contributed by atoms with Crippen LogP contribution in [0.2, 0.25) is 0 Å². The Bertz CT molecular complexity index is 608. The van der Waals surface area contributed by atoms with Gasteiger partial charge in [-0.15, -0.1) is 0 Å². The van der Waals surface area contributed by atoms with Crippen LogP contribution in [0.1, 0.15) is 0 Å². The van der Waals surface area contributed by atoms with Gasteiger partial charge in [0.05, 0.1) is 19.4 Å². The van der Waals surface area contributed by atoms with Gasteiger partial charge >= 0.3 is 6.09 Å². The van der Waals surface area contributed by atoms with Crippen LogP contribution in [0.15, 0.2) is 18.2 Å². The maximum absolute atomic E-state index is 12.1. The van der Waals surface area contributed by atoms with E-state index in [1.807, 2.05) is 0 Å². The van der Waals surface area contributed by atoms with Crippen molar-refractivity contribution in [1.29, 1.82) is 0 Å². The fourth-order valence-electron chi connectivity index (χ4n) is 2.75. The van der Waals surface area contributed by atoms with Crippen molar-refractivity contribution in [2.45, 2.75) is 30.6 Å². The van der Waals surface area contributed by atoms with E-state index < -0.39 is 43.3 Å². The van der Waals surface area contributed by atoms with Gasteiger partial charge in [0.2, 0.25) is 0 Å². The lowest BCUT2D eigenvalue weighted by atomic mass is 9.98. The van der Waals surface area contributed by atoms with Crippen LogP contribution in [0.5, 0.6) is 11.5 Å². The molecule has 2 fully saturated rings. The van der Waals surface area contributed by atoms with Gasteiger partial charge in [0.1, 0.15) is 29.8 Å². The minimum Gasteiger partial charge on any atom is -0.506 e. The molecule has 126 valence electrons. The Labute approximate surface area is 131 Å². The number of hydrogen-bond donors (Lipinski definition) is 4. The van der Waals surface area contributed by atoms with Crippen molar-refractivity contribution in [3.63, 3.8) is 0 Å². The number of carbonyl (C=O) groups excluding carboxylic acids is 1. The molecule has 2 heterocycles. The highest BCUT2D eigenvalue weighted by molar-refractivity contribution is 5.92. The Morgan fingerprint density at radius 3 is 2.65 bits per heavy atom. The van der Waals surface area contributed by atoms with E-state index in [9.17, 15) is 25.2 Å². The van der Waals surface area contributed by atoms with Gasteiger partial charge in [-0.25, -0.2) is 9.69 Å². The SMILES string of the molecule is COc1ccc(N2C(=O)O[C@@H]3[C@@H](O)[C@H](O)[C@@H](CO)O[C@H]32)c(O)c1.